The second kappa shape index (κ2) is 4.79. The van der Waals surface area contributed by atoms with Crippen LogP contribution >= 0.6 is 23.1 Å². The smallest absolute Gasteiger partial charge is 0.247 e. The number of thioether (sulfide) groups is 1. The van der Waals surface area contributed by atoms with Crippen molar-refractivity contribution in [3.8, 4) is 0 Å². The Labute approximate surface area is 116 Å². The lowest BCUT2D eigenvalue weighted by atomic mass is 9.97. The summed E-state index contributed by atoms with van der Waals surface area (Å²) >= 11 is 3.02. The molecule has 0 aromatic carbocycles. The average molecular weight is 306 g/mol. The number of hydrogen-bond donors (Lipinski definition) is 2. The second-order valence-corrected chi connectivity index (χ2v) is 9.85. The van der Waals surface area contributed by atoms with Crippen molar-refractivity contribution in [3.05, 3.63) is 11.6 Å². The third kappa shape index (κ3) is 2.91. The zero-order valence-corrected chi connectivity index (χ0v) is 13.1. The Morgan fingerprint density at radius 3 is 2.78 bits per heavy atom. The van der Waals surface area contributed by atoms with E-state index in [4.69, 9.17) is 5.14 Å². The zero-order valence-electron chi connectivity index (χ0n) is 10.7. The molecule has 0 aliphatic carbocycles. The van der Waals surface area contributed by atoms with Crippen molar-refractivity contribution < 1.29 is 8.42 Å². The Bertz CT molecular complexity index is 549. The van der Waals surface area contributed by atoms with E-state index < -0.39 is 10.0 Å². The number of fused-ring (bicyclic) bond motifs is 1. The minimum Gasteiger partial charge on any atom is -0.310 e. The first kappa shape index (κ1) is 14.3. The maximum atomic E-state index is 11.4. The van der Waals surface area contributed by atoms with Crippen LogP contribution in [0.3, 0.4) is 0 Å². The average Bonchev–Trinajstić information content (AvgIpc) is 2.59. The van der Waals surface area contributed by atoms with Crippen LogP contribution in [0.15, 0.2) is 14.5 Å². The van der Waals surface area contributed by atoms with Gasteiger partial charge in [0.25, 0.3) is 0 Å². The fraction of sp³-hybridized carbons (Fsp3) is 0.636. The molecule has 0 amide bonds. The lowest BCUT2D eigenvalue weighted by Crippen LogP contribution is -2.31. The van der Waals surface area contributed by atoms with E-state index in [0.29, 0.717) is 0 Å². The molecule has 1 aliphatic rings. The van der Waals surface area contributed by atoms with Gasteiger partial charge >= 0.3 is 0 Å². The molecule has 7 heteroatoms. The lowest BCUT2D eigenvalue weighted by molar-refractivity contribution is 0.451. The molecule has 0 spiro atoms. The number of thiophene rings is 1. The minimum absolute atomic E-state index is 0.111. The van der Waals surface area contributed by atoms with E-state index in [1.165, 1.54) is 11.3 Å². The molecule has 102 valence electrons. The highest BCUT2D eigenvalue weighted by Gasteiger charge is 2.35. The summed E-state index contributed by atoms with van der Waals surface area (Å²) in [5.41, 5.74) is 1.08. The first-order valence-corrected chi connectivity index (χ1v) is 9.00. The van der Waals surface area contributed by atoms with Crippen LogP contribution in [0.25, 0.3) is 0 Å². The van der Waals surface area contributed by atoms with E-state index in [-0.39, 0.29) is 15.0 Å². The monoisotopic (exact) mass is 306 g/mol. The molecule has 4 nitrogen and oxygen atoms in total. The quantitative estimate of drug-likeness (QED) is 0.899. The molecule has 1 atom stereocenters. The highest BCUT2D eigenvalue weighted by Crippen LogP contribution is 2.51. The van der Waals surface area contributed by atoms with E-state index in [0.717, 1.165) is 22.7 Å². The molecular weight excluding hydrogens is 288 g/mol. The van der Waals surface area contributed by atoms with Crippen LogP contribution in [0.2, 0.25) is 0 Å². The number of hydrogen-bond acceptors (Lipinski definition) is 5. The maximum absolute atomic E-state index is 11.4. The SMILES string of the molecule is CCNC1CC(C)(C)Sc2sc(S(N)(=O)=O)cc21. The van der Waals surface area contributed by atoms with Crippen LogP contribution in [0.5, 0.6) is 0 Å². The van der Waals surface area contributed by atoms with E-state index in [1.54, 1.807) is 17.8 Å². The van der Waals surface area contributed by atoms with Gasteiger partial charge in [-0.15, -0.1) is 23.1 Å². The van der Waals surface area contributed by atoms with Crippen LogP contribution in [0, 0.1) is 0 Å². The van der Waals surface area contributed by atoms with E-state index >= 15 is 0 Å². The van der Waals surface area contributed by atoms with Crippen molar-refractivity contribution in [2.24, 2.45) is 5.14 Å². The molecule has 0 bridgehead atoms. The van der Waals surface area contributed by atoms with Crippen LogP contribution in [-0.2, 0) is 10.0 Å². The molecule has 1 aromatic rings. The Hall–Kier alpha value is -0.0800. The van der Waals surface area contributed by atoms with Gasteiger partial charge in [0.1, 0.15) is 4.21 Å². The summed E-state index contributed by atoms with van der Waals surface area (Å²) in [4.78, 5) is 0. The molecule has 2 heterocycles. The molecule has 0 saturated carbocycles. The summed E-state index contributed by atoms with van der Waals surface area (Å²) < 4.78 is 24.3. The molecule has 0 fully saturated rings. The van der Waals surface area contributed by atoms with Gasteiger partial charge in [-0.05, 0) is 24.6 Å². The van der Waals surface area contributed by atoms with Gasteiger partial charge in [-0.3, -0.25) is 0 Å². The van der Waals surface area contributed by atoms with E-state index in [1.807, 2.05) is 0 Å². The number of nitrogens with one attached hydrogen (secondary N) is 1. The van der Waals surface area contributed by atoms with E-state index in [9.17, 15) is 8.42 Å². The standard InChI is InChI=1S/C11H18N2O2S3/c1-4-13-8-6-11(2,3)17-10-7(8)5-9(16-10)18(12,14)15/h5,8,13H,4,6H2,1-3H3,(H2,12,14,15). The number of nitrogens with two attached hydrogens (primary N) is 1. The van der Waals surface area contributed by atoms with E-state index in [2.05, 4.69) is 26.1 Å². The van der Waals surface area contributed by atoms with Crippen LogP contribution in [0.4, 0.5) is 0 Å². The van der Waals surface area contributed by atoms with Gasteiger partial charge in [0, 0.05) is 10.8 Å². The highest BCUT2D eigenvalue weighted by atomic mass is 32.3. The van der Waals surface area contributed by atoms with Gasteiger partial charge in [-0.1, -0.05) is 20.8 Å². The Balaban J connectivity index is 2.45. The van der Waals surface area contributed by atoms with Crippen molar-refractivity contribution in [2.75, 3.05) is 6.54 Å². The number of rotatable bonds is 3. The van der Waals surface area contributed by atoms with Crippen LogP contribution in [0.1, 0.15) is 38.8 Å². The van der Waals surface area contributed by atoms with Crippen molar-refractivity contribution in [1.82, 2.24) is 5.32 Å². The van der Waals surface area contributed by atoms with Crippen molar-refractivity contribution in [2.45, 2.75) is 46.4 Å². The Morgan fingerprint density at radius 1 is 1.56 bits per heavy atom. The molecule has 3 N–H and O–H groups in total. The first-order chi connectivity index (χ1) is 8.23. The summed E-state index contributed by atoms with van der Waals surface area (Å²) in [7, 11) is -3.60. The predicted molar refractivity (Wildman–Crippen MR) is 76.7 cm³/mol. The second-order valence-electron chi connectivity index (χ2n) is 5.03. The molecular formula is C11H18N2O2S3. The van der Waals surface area contributed by atoms with Gasteiger partial charge in [-0.25, -0.2) is 13.6 Å². The third-order valence-corrected chi connectivity index (χ3v) is 6.88. The van der Waals surface area contributed by atoms with Gasteiger partial charge in [0.05, 0.1) is 4.21 Å². The van der Waals surface area contributed by atoms with Crippen molar-refractivity contribution in [3.63, 3.8) is 0 Å². The summed E-state index contributed by atoms with van der Waals surface area (Å²) in [5.74, 6) is 0. The van der Waals surface area contributed by atoms with Crippen molar-refractivity contribution >= 4 is 33.1 Å². The normalized spacial score (nSPS) is 22.8. The largest absolute Gasteiger partial charge is 0.310 e. The molecule has 1 unspecified atom stereocenters. The topological polar surface area (TPSA) is 72.2 Å². The van der Waals surface area contributed by atoms with Gasteiger partial charge in [0.15, 0.2) is 0 Å². The molecule has 1 aromatic heterocycles. The Kier molecular flexibility index (Phi) is 3.81. The first-order valence-electron chi connectivity index (χ1n) is 5.82. The molecule has 1 aliphatic heterocycles. The summed E-state index contributed by atoms with van der Waals surface area (Å²) in [6, 6.07) is 1.94. The van der Waals surface area contributed by atoms with Gasteiger partial charge in [0.2, 0.25) is 10.0 Å². The Morgan fingerprint density at radius 2 is 2.22 bits per heavy atom. The summed E-state index contributed by atoms with van der Waals surface area (Å²) in [5, 5.41) is 8.63. The maximum Gasteiger partial charge on any atom is 0.247 e. The summed E-state index contributed by atoms with van der Waals surface area (Å²) in [6.07, 6.45) is 0.985. The van der Waals surface area contributed by atoms with Crippen LogP contribution < -0.4 is 10.5 Å². The molecule has 2 rings (SSSR count). The highest BCUT2D eigenvalue weighted by molar-refractivity contribution is 8.03. The summed E-state index contributed by atoms with van der Waals surface area (Å²) in [6.45, 7) is 7.29. The molecule has 0 saturated heterocycles. The number of primary sulfonamides is 1. The fourth-order valence-electron chi connectivity index (χ4n) is 2.15. The molecule has 0 radical (unpaired) electrons. The van der Waals surface area contributed by atoms with Gasteiger partial charge < -0.3 is 5.32 Å². The lowest BCUT2D eigenvalue weighted by Gasteiger charge is -2.34. The fourth-order valence-corrected chi connectivity index (χ4v) is 6.19. The predicted octanol–water partition coefficient (Wildman–Crippen LogP) is 2.32. The van der Waals surface area contributed by atoms with Gasteiger partial charge in [-0.2, -0.15) is 0 Å². The number of sulfonamides is 1. The third-order valence-electron chi connectivity index (χ3n) is 2.87. The zero-order chi connectivity index (χ0) is 13.6. The van der Waals surface area contributed by atoms with Crippen molar-refractivity contribution in [1.29, 1.82) is 0 Å². The molecule has 18 heavy (non-hydrogen) atoms. The van der Waals surface area contributed by atoms with Crippen LogP contribution in [-0.4, -0.2) is 19.7 Å². The minimum atomic E-state index is -3.60.